The number of rotatable bonds is 6. The molecule has 0 unspecified atom stereocenters. The first-order chi connectivity index (χ1) is 8.58. The van der Waals surface area contributed by atoms with Crippen molar-refractivity contribution < 1.29 is 14.3 Å². The number of aliphatic carboxylic acids is 1. The number of hydrogen-bond acceptors (Lipinski definition) is 3. The molecule has 0 saturated carbocycles. The zero-order valence-electron chi connectivity index (χ0n) is 10.1. The van der Waals surface area contributed by atoms with E-state index in [9.17, 15) is 9.18 Å². The summed E-state index contributed by atoms with van der Waals surface area (Å²) in [6.45, 7) is 1.97. The van der Waals surface area contributed by atoms with E-state index in [2.05, 4.69) is 5.32 Å². The topological polar surface area (TPSA) is 73.1 Å². The van der Waals surface area contributed by atoms with E-state index in [1.807, 2.05) is 13.0 Å². The molecule has 0 aliphatic rings. The Labute approximate surface area is 105 Å². The largest absolute Gasteiger partial charge is 0.480 e. The molecule has 18 heavy (non-hydrogen) atoms. The number of benzene rings is 1. The molecule has 1 aromatic carbocycles. The fourth-order valence-electron chi connectivity index (χ4n) is 1.59. The van der Waals surface area contributed by atoms with Gasteiger partial charge in [-0.1, -0.05) is 19.8 Å². The average molecular weight is 250 g/mol. The van der Waals surface area contributed by atoms with Gasteiger partial charge in [-0.15, -0.1) is 0 Å². The fourth-order valence-corrected chi connectivity index (χ4v) is 1.59. The predicted molar refractivity (Wildman–Crippen MR) is 65.7 cm³/mol. The van der Waals surface area contributed by atoms with Gasteiger partial charge in [0.15, 0.2) is 0 Å². The molecule has 96 valence electrons. The molecule has 0 spiro atoms. The molecular weight excluding hydrogens is 235 g/mol. The van der Waals surface area contributed by atoms with Crippen molar-refractivity contribution in [3.8, 4) is 6.07 Å². The Morgan fingerprint density at radius 1 is 1.61 bits per heavy atom. The maximum absolute atomic E-state index is 12.9. The Kier molecular flexibility index (Phi) is 5.12. The van der Waals surface area contributed by atoms with Crippen LogP contribution >= 0.6 is 0 Å². The second-order valence-electron chi connectivity index (χ2n) is 3.98. The number of halogens is 1. The maximum Gasteiger partial charge on any atom is 0.326 e. The van der Waals surface area contributed by atoms with Crippen LogP contribution in [0.5, 0.6) is 0 Å². The monoisotopic (exact) mass is 250 g/mol. The Hall–Kier alpha value is -2.09. The minimum atomic E-state index is -0.975. The molecule has 1 atom stereocenters. The van der Waals surface area contributed by atoms with Gasteiger partial charge in [0, 0.05) is 0 Å². The number of anilines is 1. The lowest BCUT2D eigenvalue weighted by Crippen LogP contribution is -2.29. The number of nitrogens with zero attached hydrogens (tertiary/aromatic N) is 1. The van der Waals surface area contributed by atoms with Gasteiger partial charge in [-0.2, -0.15) is 5.26 Å². The number of nitriles is 1. The van der Waals surface area contributed by atoms with Crippen LogP contribution in [-0.2, 0) is 4.79 Å². The van der Waals surface area contributed by atoms with Crippen molar-refractivity contribution in [3.05, 3.63) is 29.6 Å². The molecular formula is C13H15FN2O2. The summed E-state index contributed by atoms with van der Waals surface area (Å²) in [4.78, 5) is 11.1. The van der Waals surface area contributed by atoms with E-state index in [0.717, 1.165) is 18.9 Å². The van der Waals surface area contributed by atoms with Crippen molar-refractivity contribution in [2.45, 2.75) is 32.2 Å². The summed E-state index contributed by atoms with van der Waals surface area (Å²) in [5.74, 6) is -1.49. The first kappa shape index (κ1) is 14.0. The number of unbranched alkanes of at least 4 members (excludes halogenated alkanes) is 1. The number of carboxylic acid groups (broad SMARTS) is 1. The van der Waals surface area contributed by atoms with Gasteiger partial charge in [-0.3, -0.25) is 0 Å². The summed E-state index contributed by atoms with van der Waals surface area (Å²) >= 11 is 0. The molecule has 4 nitrogen and oxygen atoms in total. The molecule has 0 aliphatic carbocycles. The van der Waals surface area contributed by atoms with Crippen LogP contribution in [-0.4, -0.2) is 17.1 Å². The lowest BCUT2D eigenvalue weighted by Gasteiger charge is -2.16. The van der Waals surface area contributed by atoms with E-state index >= 15 is 0 Å². The molecule has 1 aromatic rings. The summed E-state index contributed by atoms with van der Waals surface area (Å²) in [6.07, 6.45) is 2.13. The van der Waals surface area contributed by atoms with E-state index in [1.165, 1.54) is 12.1 Å². The second kappa shape index (κ2) is 6.60. The molecule has 1 rings (SSSR count). The van der Waals surface area contributed by atoms with Crippen LogP contribution in [0.25, 0.3) is 0 Å². The number of carboxylic acids is 1. The lowest BCUT2D eigenvalue weighted by molar-refractivity contribution is -0.138. The zero-order chi connectivity index (χ0) is 13.5. The van der Waals surface area contributed by atoms with E-state index in [0.29, 0.717) is 12.1 Å². The summed E-state index contributed by atoms with van der Waals surface area (Å²) in [7, 11) is 0. The van der Waals surface area contributed by atoms with E-state index in [-0.39, 0.29) is 5.56 Å². The van der Waals surface area contributed by atoms with Gasteiger partial charge in [0.2, 0.25) is 0 Å². The maximum atomic E-state index is 12.9. The van der Waals surface area contributed by atoms with Crippen molar-refractivity contribution in [2.24, 2.45) is 0 Å². The van der Waals surface area contributed by atoms with Crippen molar-refractivity contribution in [2.75, 3.05) is 5.32 Å². The normalized spacial score (nSPS) is 11.6. The first-order valence-electron chi connectivity index (χ1n) is 5.77. The molecule has 0 saturated heterocycles. The minimum Gasteiger partial charge on any atom is -0.480 e. The van der Waals surface area contributed by atoms with Crippen LogP contribution in [0.2, 0.25) is 0 Å². The third-order valence-corrected chi connectivity index (χ3v) is 2.58. The second-order valence-corrected chi connectivity index (χ2v) is 3.98. The van der Waals surface area contributed by atoms with Gasteiger partial charge in [-0.25, -0.2) is 9.18 Å². The average Bonchev–Trinajstić information content (AvgIpc) is 2.35. The highest BCUT2D eigenvalue weighted by Gasteiger charge is 2.17. The molecule has 5 heteroatoms. The quantitative estimate of drug-likeness (QED) is 0.814. The summed E-state index contributed by atoms with van der Waals surface area (Å²) in [5.41, 5.74) is 0.458. The number of nitrogens with one attached hydrogen (secondary N) is 1. The van der Waals surface area contributed by atoms with Crippen molar-refractivity contribution >= 4 is 11.7 Å². The predicted octanol–water partition coefficient (Wildman–Crippen LogP) is 2.75. The van der Waals surface area contributed by atoms with Crippen molar-refractivity contribution in [1.82, 2.24) is 0 Å². The van der Waals surface area contributed by atoms with E-state index in [1.54, 1.807) is 0 Å². The molecule has 0 radical (unpaired) electrons. The van der Waals surface area contributed by atoms with Crippen LogP contribution < -0.4 is 5.32 Å². The van der Waals surface area contributed by atoms with Gasteiger partial charge < -0.3 is 10.4 Å². The highest BCUT2D eigenvalue weighted by atomic mass is 19.1. The van der Waals surface area contributed by atoms with Gasteiger partial charge >= 0.3 is 5.97 Å². The molecule has 0 fully saturated rings. The lowest BCUT2D eigenvalue weighted by atomic mass is 10.1. The fraction of sp³-hybridized carbons (Fsp3) is 0.385. The molecule has 0 amide bonds. The van der Waals surface area contributed by atoms with Gasteiger partial charge in [0.05, 0.1) is 11.3 Å². The Balaban J connectivity index is 2.87. The summed E-state index contributed by atoms with van der Waals surface area (Å²) < 4.78 is 12.9. The van der Waals surface area contributed by atoms with Crippen LogP contribution in [0.4, 0.5) is 10.1 Å². The minimum absolute atomic E-state index is 0.109. The van der Waals surface area contributed by atoms with Crippen molar-refractivity contribution in [3.63, 3.8) is 0 Å². The van der Waals surface area contributed by atoms with E-state index < -0.39 is 17.8 Å². The van der Waals surface area contributed by atoms with Crippen LogP contribution in [0, 0.1) is 17.1 Å². The molecule has 0 heterocycles. The Morgan fingerprint density at radius 2 is 2.33 bits per heavy atom. The van der Waals surface area contributed by atoms with E-state index in [4.69, 9.17) is 10.4 Å². The summed E-state index contributed by atoms with van der Waals surface area (Å²) in [5, 5.41) is 20.7. The SMILES string of the molecule is CCCC[C@H](Nc1ccc(F)cc1C#N)C(=O)O. The molecule has 2 N–H and O–H groups in total. The first-order valence-corrected chi connectivity index (χ1v) is 5.77. The van der Waals surface area contributed by atoms with Gasteiger partial charge in [0.1, 0.15) is 17.9 Å². The molecule has 0 aliphatic heterocycles. The van der Waals surface area contributed by atoms with Crippen molar-refractivity contribution in [1.29, 1.82) is 5.26 Å². The Bertz CT molecular complexity index is 469. The summed E-state index contributed by atoms with van der Waals surface area (Å²) in [6, 6.07) is 4.75. The van der Waals surface area contributed by atoms with Crippen LogP contribution in [0.1, 0.15) is 31.7 Å². The highest BCUT2D eigenvalue weighted by molar-refractivity contribution is 5.78. The standard InChI is InChI=1S/C13H15FN2O2/c1-2-3-4-12(13(17)18)16-11-6-5-10(14)7-9(11)8-15/h5-7,12,16H,2-4H2,1H3,(H,17,18)/t12-/m0/s1. The van der Waals surface area contributed by atoms with Gasteiger partial charge in [0.25, 0.3) is 0 Å². The van der Waals surface area contributed by atoms with Crippen LogP contribution in [0.15, 0.2) is 18.2 Å². The zero-order valence-corrected chi connectivity index (χ0v) is 10.1. The smallest absolute Gasteiger partial charge is 0.326 e. The molecule has 0 bridgehead atoms. The third kappa shape index (κ3) is 3.74. The number of hydrogen-bond donors (Lipinski definition) is 2. The van der Waals surface area contributed by atoms with Gasteiger partial charge in [-0.05, 0) is 24.6 Å². The Morgan fingerprint density at radius 3 is 2.89 bits per heavy atom. The number of carbonyl (C=O) groups is 1. The third-order valence-electron chi connectivity index (χ3n) is 2.58. The molecule has 0 aromatic heterocycles. The van der Waals surface area contributed by atoms with Crippen LogP contribution in [0.3, 0.4) is 0 Å². The highest BCUT2D eigenvalue weighted by Crippen LogP contribution is 2.18.